The predicted octanol–water partition coefficient (Wildman–Crippen LogP) is 5.01. The van der Waals surface area contributed by atoms with Gasteiger partial charge in [-0.1, -0.05) is 6.92 Å². The number of anilines is 1. The van der Waals surface area contributed by atoms with E-state index in [1.165, 1.54) is 33.1 Å². The molecule has 0 aliphatic rings. The van der Waals surface area contributed by atoms with E-state index in [0.717, 1.165) is 17.7 Å². The lowest BCUT2D eigenvalue weighted by molar-refractivity contribution is 0.103. The summed E-state index contributed by atoms with van der Waals surface area (Å²) in [6.07, 6.45) is 0.927. The first kappa shape index (κ1) is 18.4. The molecule has 7 heteroatoms. The molecule has 1 N–H and O–H groups in total. The summed E-state index contributed by atoms with van der Waals surface area (Å²) in [5.41, 5.74) is 2.90. The summed E-state index contributed by atoms with van der Waals surface area (Å²) in [7, 11) is 3.20. The number of thiophene rings is 1. The van der Waals surface area contributed by atoms with Crippen LogP contribution in [0.2, 0.25) is 0 Å². The molecule has 0 spiro atoms. The number of thiazole rings is 1. The zero-order valence-electron chi connectivity index (χ0n) is 15.1. The van der Waals surface area contributed by atoms with E-state index in [1.807, 2.05) is 36.6 Å². The molecule has 0 saturated heterocycles. The van der Waals surface area contributed by atoms with E-state index in [2.05, 4.69) is 17.2 Å². The van der Waals surface area contributed by atoms with Crippen LogP contribution in [0.1, 0.15) is 27.0 Å². The number of nitrogens with zero attached hydrogens (tertiary/aromatic N) is 1. The van der Waals surface area contributed by atoms with Crippen molar-refractivity contribution in [3.05, 3.63) is 45.0 Å². The average Bonchev–Trinajstić information content (AvgIpc) is 3.27. The Balaban J connectivity index is 1.78. The summed E-state index contributed by atoms with van der Waals surface area (Å²) in [4.78, 5) is 18.9. The summed E-state index contributed by atoms with van der Waals surface area (Å²) in [5, 5.41) is 5.37. The van der Waals surface area contributed by atoms with Gasteiger partial charge < -0.3 is 9.47 Å². The zero-order chi connectivity index (χ0) is 18.7. The Kier molecular flexibility index (Phi) is 5.58. The zero-order valence-corrected chi connectivity index (χ0v) is 16.7. The van der Waals surface area contributed by atoms with Gasteiger partial charge in [-0.15, -0.1) is 22.7 Å². The molecule has 0 radical (unpaired) electrons. The van der Waals surface area contributed by atoms with Crippen LogP contribution >= 0.6 is 22.7 Å². The first-order valence-electron chi connectivity index (χ1n) is 8.14. The molecule has 0 atom stereocenters. The Morgan fingerprint density at radius 2 is 1.96 bits per heavy atom. The number of methoxy groups -OCH3 is 2. The first-order chi connectivity index (χ1) is 12.5. The highest BCUT2D eigenvalue weighted by Gasteiger charge is 2.14. The van der Waals surface area contributed by atoms with Crippen LogP contribution in [0, 0.1) is 6.92 Å². The maximum atomic E-state index is 12.5. The van der Waals surface area contributed by atoms with E-state index in [-0.39, 0.29) is 5.91 Å². The van der Waals surface area contributed by atoms with Gasteiger partial charge in [-0.3, -0.25) is 10.1 Å². The van der Waals surface area contributed by atoms with Crippen LogP contribution in [0.25, 0.3) is 11.3 Å². The van der Waals surface area contributed by atoms with Crippen LogP contribution in [0.3, 0.4) is 0 Å². The molecule has 5 nitrogen and oxygen atoms in total. The molecule has 0 aliphatic heterocycles. The fourth-order valence-electron chi connectivity index (χ4n) is 2.60. The number of carbonyl (C=O) groups excluding carboxylic acids is 1. The van der Waals surface area contributed by atoms with E-state index in [0.29, 0.717) is 21.5 Å². The molecule has 0 aliphatic carbocycles. The Hall–Kier alpha value is -2.38. The molecule has 0 unspecified atom stereocenters. The number of aromatic nitrogens is 1. The molecule has 1 aromatic carbocycles. The fraction of sp³-hybridized carbons (Fsp3) is 0.263. The van der Waals surface area contributed by atoms with Crippen molar-refractivity contribution >= 4 is 33.7 Å². The van der Waals surface area contributed by atoms with Crippen molar-refractivity contribution in [2.24, 2.45) is 0 Å². The molecule has 0 fully saturated rings. The van der Waals surface area contributed by atoms with Crippen LogP contribution in [0.4, 0.5) is 5.13 Å². The Morgan fingerprint density at radius 3 is 2.62 bits per heavy atom. The lowest BCUT2D eigenvalue weighted by atomic mass is 10.1. The van der Waals surface area contributed by atoms with Crippen molar-refractivity contribution in [2.75, 3.05) is 19.5 Å². The van der Waals surface area contributed by atoms with Gasteiger partial charge in [-0.2, -0.15) is 0 Å². The number of aryl methyl sites for hydroxylation is 2. The molecule has 2 aromatic heterocycles. The van der Waals surface area contributed by atoms with Crippen LogP contribution in [-0.4, -0.2) is 25.1 Å². The minimum atomic E-state index is -0.119. The van der Waals surface area contributed by atoms with Gasteiger partial charge in [0.2, 0.25) is 0 Å². The van der Waals surface area contributed by atoms with E-state index in [1.54, 1.807) is 14.2 Å². The van der Waals surface area contributed by atoms with Gasteiger partial charge in [-0.05, 0) is 43.2 Å². The molecule has 3 aromatic rings. The minimum Gasteiger partial charge on any atom is -0.493 e. The number of hydrogen-bond donors (Lipinski definition) is 1. The van der Waals surface area contributed by atoms with Crippen molar-refractivity contribution in [3.63, 3.8) is 0 Å². The normalized spacial score (nSPS) is 10.6. The van der Waals surface area contributed by atoms with E-state index in [4.69, 9.17) is 9.47 Å². The molecule has 2 heterocycles. The van der Waals surface area contributed by atoms with Crippen LogP contribution in [0.15, 0.2) is 29.6 Å². The van der Waals surface area contributed by atoms with Gasteiger partial charge in [0.1, 0.15) is 0 Å². The van der Waals surface area contributed by atoms with Crippen LogP contribution in [-0.2, 0) is 6.42 Å². The van der Waals surface area contributed by atoms with Gasteiger partial charge >= 0.3 is 0 Å². The highest BCUT2D eigenvalue weighted by Crippen LogP contribution is 2.33. The van der Waals surface area contributed by atoms with Crippen molar-refractivity contribution in [1.82, 2.24) is 4.98 Å². The summed E-state index contributed by atoms with van der Waals surface area (Å²) in [5.74, 6) is 1.19. The number of benzene rings is 1. The highest BCUT2D eigenvalue weighted by molar-refractivity contribution is 7.15. The maximum Gasteiger partial charge on any atom is 0.267 e. The van der Waals surface area contributed by atoms with Crippen molar-refractivity contribution in [2.45, 2.75) is 20.3 Å². The lowest BCUT2D eigenvalue weighted by Crippen LogP contribution is -2.09. The number of carbonyl (C=O) groups is 1. The summed E-state index contributed by atoms with van der Waals surface area (Å²) in [6, 6.07) is 7.58. The van der Waals surface area contributed by atoms with Crippen LogP contribution < -0.4 is 14.8 Å². The molecule has 3 rings (SSSR count). The second-order valence-electron chi connectivity index (χ2n) is 5.61. The van der Waals surface area contributed by atoms with Gasteiger partial charge in [0.05, 0.1) is 24.8 Å². The second-order valence-corrected chi connectivity index (χ2v) is 7.72. The van der Waals surface area contributed by atoms with E-state index < -0.39 is 0 Å². The molecule has 0 bridgehead atoms. The van der Waals surface area contributed by atoms with Crippen molar-refractivity contribution in [1.29, 1.82) is 0 Å². The fourth-order valence-corrected chi connectivity index (χ4v) is 4.32. The average molecular weight is 389 g/mol. The number of nitrogens with one attached hydrogen (secondary N) is 1. The third kappa shape index (κ3) is 3.73. The second kappa shape index (κ2) is 7.88. The third-order valence-electron chi connectivity index (χ3n) is 4.03. The smallest absolute Gasteiger partial charge is 0.267 e. The topological polar surface area (TPSA) is 60.5 Å². The quantitative estimate of drug-likeness (QED) is 0.645. The van der Waals surface area contributed by atoms with Gasteiger partial charge in [-0.25, -0.2) is 4.98 Å². The molecule has 136 valence electrons. The minimum absolute atomic E-state index is 0.119. The number of hydrogen-bond acceptors (Lipinski definition) is 6. The molecular weight excluding hydrogens is 368 g/mol. The Morgan fingerprint density at radius 1 is 1.19 bits per heavy atom. The lowest BCUT2D eigenvalue weighted by Gasteiger charge is -2.08. The van der Waals surface area contributed by atoms with Crippen molar-refractivity contribution in [3.8, 4) is 22.8 Å². The largest absolute Gasteiger partial charge is 0.493 e. The van der Waals surface area contributed by atoms with Gasteiger partial charge in [0, 0.05) is 15.8 Å². The van der Waals surface area contributed by atoms with E-state index in [9.17, 15) is 4.79 Å². The number of rotatable bonds is 6. The van der Waals surface area contributed by atoms with Crippen molar-refractivity contribution < 1.29 is 14.3 Å². The van der Waals surface area contributed by atoms with E-state index >= 15 is 0 Å². The molecular formula is C19H20N2O3S2. The summed E-state index contributed by atoms with van der Waals surface area (Å²) in [6.45, 7) is 4.13. The number of ether oxygens (including phenoxy) is 2. The van der Waals surface area contributed by atoms with Gasteiger partial charge in [0.25, 0.3) is 5.91 Å². The van der Waals surface area contributed by atoms with Gasteiger partial charge in [0.15, 0.2) is 16.6 Å². The maximum absolute atomic E-state index is 12.5. The Bertz CT molecular complexity index is 931. The SMILES string of the molecule is CCc1cc(C(=O)Nc2nc(-c3ccc(OC)c(OC)c3)cs2)sc1C. The Labute approximate surface area is 160 Å². The summed E-state index contributed by atoms with van der Waals surface area (Å²) < 4.78 is 10.6. The monoisotopic (exact) mass is 388 g/mol. The number of amides is 1. The van der Waals surface area contributed by atoms with Crippen LogP contribution in [0.5, 0.6) is 11.5 Å². The first-order valence-corrected chi connectivity index (χ1v) is 9.84. The highest BCUT2D eigenvalue weighted by atomic mass is 32.1. The molecule has 26 heavy (non-hydrogen) atoms. The predicted molar refractivity (Wildman–Crippen MR) is 107 cm³/mol. The molecule has 1 amide bonds. The standard InChI is InChI=1S/C19H20N2O3S2/c1-5-12-9-17(26-11(12)2)18(22)21-19-20-14(10-25-19)13-6-7-15(23-3)16(8-13)24-4/h6-10H,5H2,1-4H3,(H,20,21,22). The third-order valence-corrected chi connectivity index (χ3v) is 5.88. The molecule has 0 saturated carbocycles. The summed E-state index contributed by atoms with van der Waals surface area (Å²) >= 11 is 2.91.